The predicted molar refractivity (Wildman–Crippen MR) is 543 cm³/mol. The van der Waals surface area contributed by atoms with Gasteiger partial charge >= 0.3 is 0 Å². The molecule has 140 heavy (non-hydrogen) atoms. The summed E-state index contributed by atoms with van der Waals surface area (Å²) in [6.45, 7) is 42.3. The van der Waals surface area contributed by atoms with Gasteiger partial charge < -0.3 is 48.6 Å². The molecule has 0 saturated carbocycles. The fourth-order valence-corrected chi connectivity index (χ4v) is 19.1. The third-order valence-electron chi connectivity index (χ3n) is 26.7. The minimum absolute atomic E-state index is 0.000379. The molecule has 7 heterocycles. The SMILES string of the molecule is C=CCN(CC(=O)CCc1ccccc1)CC(=O)C[C@@H](Cc1c(C)cc(OC)cc1C)C(=O)N(Cc1ccc(C)c(C)n1)CC(OCC)OCC.C=CCN1CC(=O)N2C(CN(Cc3ccc(C)c(C)n3)C(=O)[C@@H]2Cc2c(C)cc(O)cc2C)N1C(=O)CCc1ccccc1.C=CCN1CC(=O)N2C(CN(Cc3ccc(C)c(C)n3)C(=O)[C@@H]2Cc2c(C)cc(OC)cc2C)N1C(=O)CCc1ccccc1. The monoisotopic (exact) mass is 1900 g/mol. The Labute approximate surface area is 826 Å². The van der Waals surface area contributed by atoms with E-state index >= 15 is 0 Å². The van der Waals surface area contributed by atoms with Crippen molar-refractivity contribution in [3.8, 4) is 17.2 Å². The molecule has 2 unspecified atom stereocenters. The van der Waals surface area contributed by atoms with Gasteiger partial charge in [-0.05, 0) is 261 Å². The van der Waals surface area contributed by atoms with Crippen LogP contribution in [-0.2, 0) is 111 Å². The number of fused-ring (bicyclic) bond motifs is 2. The van der Waals surface area contributed by atoms with E-state index in [4.69, 9.17) is 33.9 Å². The number of aromatic nitrogens is 3. The van der Waals surface area contributed by atoms with Gasteiger partial charge in [-0.15, -0.1) is 19.7 Å². The molecule has 9 aromatic rings. The van der Waals surface area contributed by atoms with Gasteiger partial charge in [0.25, 0.3) is 0 Å². The summed E-state index contributed by atoms with van der Waals surface area (Å²) in [5.74, 6) is -0.237. The van der Waals surface area contributed by atoms with Crippen molar-refractivity contribution in [3.63, 3.8) is 0 Å². The molecule has 27 heteroatoms. The summed E-state index contributed by atoms with van der Waals surface area (Å²) in [4.78, 5) is 151. The molecule has 7 amide bonds. The third-order valence-corrected chi connectivity index (χ3v) is 26.7. The molecule has 4 fully saturated rings. The van der Waals surface area contributed by atoms with E-state index in [1.54, 1.807) is 89.1 Å². The number of aryl methyl sites for hydroxylation is 15. The Bertz CT molecular complexity index is 5800. The van der Waals surface area contributed by atoms with Crippen molar-refractivity contribution in [1.82, 2.24) is 64.4 Å². The van der Waals surface area contributed by atoms with E-state index in [2.05, 4.69) is 19.7 Å². The summed E-state index contributed by atoms with van der Waals surface area (Å²) in [6, 6.07) is 51.0. The maximum atomic E-state index is 14.8. The summed E-state index contributed by atoms with van der Waals surface area (Å²) >= 11 is 0. The van der Waals surface area contributed by atoms with Crippen LogP contribution in [0.25, 0.3) is 0 Å². The molecule has 1 N–H and O–H groups in total. The number of piperazine rings is 2. The zero-order valence-corrected chi connectivity index (χ0v) is 84.7. The Morgan fingerprint density at radius 3 is 1.24 bits per heavy atom. The lowest BCUT2D eigenvalue weighted by Gasteiger charge is -2.55. The van der Waals surface area contributed by atoms with E-state index in [0.717, 1.165) is 129 Å². The number of hydrazine groups is 2. The first-order chi connectivity index (χ1) is 67.1. The van der Waals surface area contributed by atoms with Crippen LogP contribution in [0.1, 0.15) is 157 Å². The number of phenols is 1. The number of pyridine rings is 3. The van der Waals surface area contributed by atoms with Crippen LogP contribution in [0, 0.1) is 89.0 Å². The number of carbonyl (C=O) groups is 9. The molecule has 0 bridgehead atoms. The highest BCUT2D eigenvalue weighted by atomic mass is 16.7. The molecule has 3 aromatic heterocycles. The van der Waals surface area contributed by atoms with Crippen LogP contribution < -0.4 is 9.47 Å². The molecule has 742 valence electrons. The predicted octanol–water partition coefficient (Wildman–Crippen LogP) is 14.9. The molecule has 0 aliphatic carbocycles. The minimum Gasteiger partial charge on any atom is -0.508 e. The average molecular weight is 1910 g/mol. The molecule has 4 aliphatic heterocycles. The number of rotatable bonds is 42. The molecule has 4 saturated heterocycles. The van der Waals surface area contributed by atoms with Crippen LogP contribution in [0.5, 0.6) is 17.2 Å². The number of Topliss-reactive ketones (excluding diaryl/α,β-unsaturated/α-hetero) is 2. The Balaban J connectivity index is 0.000000201. The first-order valence-corrected chi connectivity index (χ1v) is 48.6. The fraction of sp³-hybridized carbons (Fsp3) is 0.416. The van der Waals surface area contributed by atoms with Crippen molar-refractivity contribution in [2.75, 3.05) is 92.9 Å². The lowest BCUT2D eigenvalue weighted by molar-refractivity contribution is -0.205. The number of benzene rings is 6. The van der Waals surface area contributed by atoms with Crippen molar-refractivity contribution in [1.29, 1.82) is 0 Å². The average Bonchev–Trinajstić information content (AvgIpc) is 0.743. The van der Waals surface area contributed by atoms with Gasteiger partial charge in [0.15, 0.2) is 6.29 Å². The normalized spacial score (nSPS) is 16.2. The lowest BCUT2D eigenvalue weighted by Crippen LogP contribution is -2.76. The number of hydrogen-bond donors (Lipinski definition) is 1. The Kier molecular flexibility index (Phi) is 39.2. The third kappa shape index (κ3) is 28.3. The van der Waals surface area contributed by atoms with Gasteiger partial charge in [0.1, 0.15) is 53.2 Å². The number of nitrogens with zero attached hydrogens (tertiary/aromatic N) is 13. The van der Waals surface area contributed by atoms with Crippen molar-refractivity contribution < 1.29 is 67.2 Å². The van der Waals surface area contributed by atoms with E-state index in [-0.39, 0.29) is 150 Å². The number of ether oxygens (including phenoxy) is 4. The second kappa shape index (κ2) is 51.1. The molecule has 27 nitrogen and oxygen atoms in total. The molecule has 4 aliphatic rings. The topological polar surface area (TPSA) is 282 Å². The quantitative estimate of drug-likeness (QED) is 0.0275. The first-order valence-electron chi connectivity index (χ1n) is 48.6. The highest BCUT2D eigenvalue weighted by Crippen LogP contribution is 2.37. The van der Waals surface area contributed by atoms with Crippen molar-refractivity contribution in [2.24, 2.45) is 5.92 Å². The second-order valence-electron chi connectivity index (χ2n) is 37.0. The Hall–Kier alpha value is -13.2. The van der Waals surface area contributed by atoms with Gasteiger partial charge in [-0.3, -0.25) is 63.0 Å². The van der Waals surface area contributed by atoms with Gasteiger partial charge in [-0.1, -0.05) is 127 Å². The summed E-state index contributed by atoms with van der Waals surface area (Å²) in [5.41, 5.74) is 19.9. The van der Waals surface area contributed by atoms with E-state index in [1.165, 1.54) is 0 Å². The minimum atomic E-state index is -0.829. The van der Waals surface area contributed by atoms with Crippen LogP contribution >= 0.6 is 0 Å². The number of carbonyl (C=O) groups excluding carboxylic acids is 9. The number of phenolic OH excluding ortho intramolecular Hbond substituents is 1. The van der Waals surface area contributed by atoms with E-state index < -0.39 is 36.6 Å². The molecule has 13 rings (SSSR count). The molecule has 0 spiro atoms. The smallest absolute Gasteiger partial charge is 0.246 e. The van der Waals surface area contributed by atoms with Crippen LogP contribution in [0.4, 0.5) is 0 Å². The highest BCUT2D eigenvalue weighted by molar-refractivity contribution is 5.94. The standard InChI is InChI=1S/C42H57N3O6.C36H43N5O4.C35H41N5O4/c1-9-21-44(27-37(46)20-18-34-15-13-12-14-16-34)28-38(47)24-35(25-40-31(5)22-39(49-8)23-32(40)6)42(48)45(29-41(50-10-2)51-11-3)26-36-19-17-30(4)33(7)43-36;1-7-17-39-23-35(43)40-32(20-31-25(3)18-30(45-6)19-26(31)4)36(44)38(21-29-15-13-24(2)27(5)37-29)22-33(40)41(39)34(42)16-14-28-11-9-8-10-12-28;1-6-16-38-22-34(43)39-31(19-30-24(3)17-29(41)18-25(30)4)35(44)37(20-28-14-12-23(2)26(5)36-28)21-32(39)40(38)33(42)15-13-27-10-8-7-9-11-27/h9,12-17,19,22-23,35,41H,1,10-11,18,20-21,24-29H2,2-8H3;7-13,15,18-19,32-33H,1,14,16-17,20-23H2,2-6H3;6-12,14,17-18,31-32,41H,1,13,15-16,19-22H2,2-5H3/t35-;32-,33?;31-,32?/m000/s1. The highest BCUT2D eigenvalue weighted by Gasteiger charge is 2.54. The van der Waals surface area contributed by atoms with Gasteiger partial charge in [-0.25, -0.2) is 20.0 Å². The van der Waals surface area contributed by atoms with Crippen molar-refractivity contribution in [3.05, 3.63) is 319 Å². The first kappa shape index (κ1) is 107. The van der Waals surface area contributed by atoms with Crippen LogP contribution in [-0.4, -0.2) is 246 Å². The number of ketones is 2. The maximum absolute atomic E-state index is 14.8. The summed E-state index contributed by atoms with van der Waals surface area (Å²) in [5, 5.41) is 17.1. The van der Waals surface area contributed by atoms with E-state index in [0.29, 0.717) is 71.4 Å². The maximum Gasteiger partial charge on any atom is 0.246 e. The van der Waals surface area contributed by atoms with Gasteiger partial charge in [0.05, 0.1) is 96.7 Å². The molecular weight excluding hydrogens is 1760 g/mol. The van der Waals surface area contributed by atoms with Crippen LogP contribution in [0.3, 0.4) is 0 Å². The fourth-order valence-electron chi connectivity index (χ4n) is 19.1. The largest absolute Gasteiger partial charge is 0.508 e. The summed E-state index contributed by atoms with van der Waals surface area (Å²) in [6.07, 6.45) is 6.72. The van der Waals surface area contributed by atoms with Crippen LogP contribution in [0.2, 0.25) is 0 Å². The number of hydrogen-bond acceptors (Lipinski definition) is 20. The molecule has 6 aromatic carbocycles. The lowest BCUT2D eigenvalue weighted by atomic mass is 9.88. The zero-order chi connectivity index (χ0) is 101. The number of aromatic hydroxyl groups is 1. The Morgan fingerprint density at radius 1 is 0.471 bits per heavy atom. The van der Waals surface area contributed by atoms with Gasteiger partial charge in [0, 0.05) is 94.4 Å². The van der Waals surface area contributed by atoms with E-state index in [1.807, 2.05) is 253 Å². The molecule has 0 radical (unpaired) electrons. The Morgan fingerprint density at radius 2 is 0.850 bits per heavy atom. The molecular formula is C113H141N13O14. The number of methoxy groups -OCH3 is 2. The summed E-state index contributed by atoms with van der Waals surface area (Å²) < 4.78 is 22.7. The summed E-state index contributed by atoms with van der Waals surface area (Å²) in [7, 11) is 3.26. The van der Waals surface area contributed by atoms with Crippen molar-refractivity contribution >= 4 is 52.9 Å². The number of amides is 7. The van der Waals surface area contributed by atoms with Crippen LogP contribution in [0.15, 0.2) is 202 Å². The molecule has 5 atom stereocenters. The van der Waals surface area contributed by atoms with Gasteiger partial charge in [0.2, 0.25) is 41.4 Å². The van der Waals surface area contributed by atoms with Gasteiger partial charge in [-0.2, -0.15) is 0 Å². The van der Waals surface area contributed by atoms with Crippen molar-refractivity contribution in [2.45, 2.75) is 211 Å². The zero-order valence-electron chi connectivity index (χ0n) is 84.7. The second-order valence-corrected chi connectivity index (χ2v) is 37.0. The van der Waals surface area contributed by atoms with E-state index in [9.17, 15) is 48.3 Å².